The molecule has 3 rings (SSSR count). The van der Waals surface area contributed by atoms with Crippen molar-refractivity contribution >= 4 is 11.6 Å². The Morgan fingerprint density at radius 3 is 2.67 bits per heavy atom. The summed E-state index contributed by atoms with van der Waals surface area (Å²) < 4.78 is 0. The Labute approximate surface area is 126 Å². The minimum absolute atomic E-state index is 0.331. The molecular formula is C17H22N4. The van der Waals surface area contributed by atoms with Crippen LogP contribution >= 0.6 is 0 Å². The van der Waals surface area contributed by atoms with Crippen LogP contribution in [-0.2, 0) is 0 Å². The molecule has 1 aliphatic heterocycles. The number of anilines is 2. The van der Waals surface area contributed by atoms with Gasteiger partial charge in [0.25, 0.3) is 0 Å². The molecule has 2 N–H and O–H groups in total. The van der Waals surface area contributed by atoms with Crippen molar-refractivity contribution in [3.8, 4) is 0 Å². The molecule has 0 spiro atoms. The van der Waals surface area contributed by atoms with Crippen LogP contribution in [0.15, 0.2) is 36.7 Å². The van der Waals surface area contributed by atoms with Crippen molar-refractivity contribution in [2.45, 2.75) is 32.1 Å². The van der Waals surface area contributed by atoms with Crippen molar-refractivity contribution in [2.75, 3.05) is 23.7 Å². The molecule has 1 fully saturated rings. The number of rotatable bonds is 3. The topological polar surface area (TPSA) is 55.0 Å². The van der Waals surface area contributed by atoms with Crippen molar-refractivity contribution in [1.29, 1.82) is 0 Å². The number of aromatic nitrogens is 2. The molecule has 1 aromatic carbocycles. The van der Waals surface area contributed by atoms with Crippen LogP contribution in [0.3, 0.4) is 0 Å². The molecule has 1 aliphatic rings. The zero-order valence-electron chi connectivity index (χ0n) is 12.7. The Hall–Kier alpha value is -2.10. The lowest BCUT2D eigenvalue weighted by Crippen LogP contribution is -2.23. The first kappa shape index (κ1) is 13.9. The Kier molecular flexibility index (Phi) is 3.78. The van der Waals surface area contributed by atoms with Gasteiger partial charge in [0.2, 0.25) is 0 Å². The van der Waals surface area contributed by atoms with Crippen molar-refractivity contribution < 1.29 is 0 Å². The van der Waals surface area contributed by atoms with Crippen molar-refractivity contribution in [1.82, 2.24) is 9.97 Å². The van der Waals surface area contributed by atoms with Gasteiger partial charge >= 0.3 is 0 Å². The second-order valence-corrected chi connectivity index (χ2v) is 5.99. The summed E-state index contributed by atoms with van der Waals surface area (Å²) in [6.45, 7) is 6.31. The van der Waals surface area contributed by atoms with Gasteiger partial charge in [0.15, 0.2) is 0 Å². The van der Waals surface area contributed by atoms with Crippen LogP contribution in [0.4, 0.5) is 11.6 Å². The van der Waals surface area contributed by atoms with E-state index in [2.05, 4.69) is 59.0 Å². The molecule has 1 aromatic heterocycles. The third kappa shape index (κ3) is 2.71. The largest absolute Gasteiger partial charge is 0.383 e. The van der Waals surface area contributed by atoms with Gasteiger partial charge in [-0.25, -0.2) is 9.97 Å². The van der Waals surface area contributed by atoms with Crippen molar-refractivity contribution in [2.24, 2.45) is 0 Å². The molecule has 21 heavy (non-hydrogen) atoms. The van der Waals surface area contributed by atoms with Crippen LogP contribution < -0.4 is 10.6 Å². The molecule has 0 aliphatic carbocycles. The van der Waals surface area contributed by atoms with E-state index >= 15 is 0 Å². The van der Waals surface area contributed by atoms with Gasteiger partial charge in [0.1, 0.15) is 18.0 Å². The summed E-state index contributed by atoms with van der Waals surface area (Å²) in [5, 5.41) is 0. The summed E-state index contributed by atoms with van der Waals surface area (Å²) in [6, 6.07) is 10.7. The highest BCUT2D eigenvalue weighted by atomic mass is 15.2. The molecule has 0 bridgehead atoms. The normalized spacial score (nSPS) is 18.4. The maximum Gasteiger partial charge on any atom is 0.137 e. The van der Waals surface area contributed by atoms with E-state index in [9.17, 15) is 0 Å². The first-order valence-corrected chi connectivity index (χ1v) is 7.57. The van der Waals surface area contributed by atoms with Crippen molar-refractivity contribution in [3.05, 3.63) is 47.8 Å². The summed E-state index contributed by atoms with van der Waals surface area (Å²) in [7, 11) is 0. The number of hydrogen-bond donors (Lipinski definition) is 1. The van der Waals surface area contributed by atoms with Crippen LogP contribution in [-0.4, -0.2) is 23.1 Å². The van der Waals surface area contributed by atoms with E-state index in [0.717, 1.165) is 30.9 Å². The molecule has 1 saturated heterocycles. The summed E-state index contributed by atoms with van der Waals surface area (Å²) in [6.07, 6.45) is 2.73. The fourth-order valence-corrected chi connectivity index (χ4v) is 3.16. The minimum Gasteiger partial charge on any atom is -0.383 e. The third-order valence-corrected chi connectivity index (χ3v) is 4.23. The van der Waals surface area contributed by atoms with Crippen LogP contribution in [0.5, 0.6) is 0 Å². The standard InChI is InChI=1S/C17H22N4/c1-12(2)15-16(18)19-11-20-17(15)21-9-8-14(10-21)13-6-4-3-5-7-13/h3-7,11-12,14H,8-10H2,1-2H3,(H2,18,19,20). The van der Waals surface area contributed by atoms with Gasteiger partial charge in [0.05, 0.1) is 0 Å². The lowest BCUT2D eigenvalue weighted by Gasteiger charge is -2.23. The SMILES string of the molecule is CC(C)c1c(N)ncnc1N1CCC(c2ccccc2)C1. The molecule has 2 heterocycles. The second kappa shape index (κ2) is 5.72. The Morgan fingerprint density at radius 2 is 1.95 bits per heavy atom. The minimum atomic E-state index is 0.331. The van der Waals surface area contributed by atoms with Gasteiger partial charge in [-0.05, 0) is 17.9 Å². The van der Waals surface area contributed by atoms with E-state index in [-0.39, 0.29) is 0 Å². The molecular weight excluding hydrogens is 260 g/mol. The highest BCUT2D eigenvalue weighted by molar-refractivity contribution is 5.59. The molecule has 4 nitrogen and oxygen atoms in total. The molecule has 4 heteroatoms. The van der Waals surface area contributed by atoms with Crippen LogP contribution in [0, 0.1) is 0 Å². The molecule has 1 atom stereocenters. The lowest BCUT2D eigenvalue weighted by molar-refractivity contribution is 0.771. The number of nitrogen functional groups attached to an aromatic ring is 1. The summed E-state index contributed by atoms with van der Waals surface area (Å²) in [5.41, 5.74) is 8.54. The van der Waals surface area contributed by atoms with E-state index in [4.69, 9.17) is 5.73 Å². The molecule has 2 aromatic rings. The van der Waals surface area contributed by atoms with E-state index in [1.165, 1.54) is 5.56 Å². The Balaban J connectivity index is 1.86. The molecule has 0 radical (unpaired) electrons. The summed E-state index contributed by atoms with van der Waals surface area (Å²) >= 11 is 0. The van der Waals surface area contributed by atoms with Crippen LogP contribution in [0.2, 0.25) is 0 Å². The van der Waals surface area contributed by atoms with Crippen LogP contribution in [0.1, 0.15) is 43.2 Å². The van der Waals surface area contributed by atoms with Gasteiger partial charge in [-0.3, -0.25) is 0 Å². The van der Waals surface area contributed by atoms with Gasteiger partial charge in [-0.1, -0.05) is 44.2 Å². The van der Waals surface area contributed by atoms with Gasteiger partial charge < -0.3 is 10.6 Å². The van der Waals surface area contributed by atoms with Gasteiger partial charge in [-0.2, -0.15) is 0 Å². The third-order valence-electron chi connectivity index (χ3n) is 4.23. The fraction of sp³-hybridized carbons (Fsp3) is 0.412. The average Bonchev–Trinajstić information content (AvgIpc) is 2.97. The summed E-state index contributed by atoms with van der Waals surface area (Å²) in [5.74, 6) is 2.52. The molecule has 0 saturated carbocycles. The Bertz CT molecular complexity index is 609. The predicted octanol–water partition coefficient (Wildman–Crippen LogP) is 3.18. The Morgan fingerprint density at radius 1 is 1.19 bits per heavy atom. The molecule has 1 unspecified atom stereocenters. The van der Waals surface area contributed by atoms with Crippen molar-refractivity contribution in [3.63, 3.8) is 0 Å². The highest BCUT2D eigenvalue weighted by Crippen LogP contribution is 2.35. The number of nitrogens with two attached hydrogens (primary N) is 1. The van der Waals surface area contributed by atoms with E-state index in [1.54, 1.807) is 6.33 Å². The average molecular weight is 282 g/mol. The highest BCUT2D eigenvalue weighted by Gasteiger charge is 2.27. The molecule has 0 amide bonds. The van der Waals surface area contributed by atoms with Gasteiger partial charge in [0, 0.05) is 24.6 Å². The lowest BCUT2D eigenvalue weighted by atomic mass is 9.99. The van der Waals surface area contributed by atoms with E-state index in [0.29, 0.717) is 17.7 Å². The van der Waals surface area contributed by atoms with E-state index in [1.807, 2.05) is 0 Å². The quantitative estimate of drug-likeness (QED) is 0.939. The monoisotopic (exact) mass is 282 g/mol. The number of nitrogens with zero attached hydrogens (tertiary/aromatic N) is 3. The zero-order chi connectivity index (χ0) is 14.8. The maximum atomic E-state index is 6.06. The first-order valence-electron chi connectivity index (χ1n) is 7.57. The first-order chi connectivity index (χ1) is 10.2. The fourth-order valence-electron chi connectivity index (χ4n) is 3.16. The number of hydrogen-bond acceptors (Lipinski definition) is 4. The second-order valence-electron chi connectivity index (χ2n) is 5.99. The van der Waals surface area contributed by atoms with Crippen LogP contribution in [0.25, 0.3) is 0 Å². The molecule has 110 valence electrons. The van der Waals surface area contributed by atoms with Gasteiger partial charge in [-0.15, -0.1) is 0 Å². The van der Waals surface area contributed by atoms with E-state index < -0.39 is 0 Å². The smallest absolute Gasteiger partial charge is 0.137 e. The predicted molar refractivity (Wildman–Crippen MR) is 86.5 cm³/mol. The zero-order valence-corrected chi connectivity index (χ0v) is 12.7. The number of benzene rings is 1. The maximum absolute atomic E-state index is 6.06. The summed E-state index contributed by atoms with van der Waals surface area (Å²) in [4.78, 5) is 11.0.